The zero-order valence-electron chi connectivity index (χ0n) is 19.7. The van der Waals surface area contributed by atoms with Gasteiger partial charge in [-0.3, -0.25) is 9.59 Å². The maximum Gasteiger partial charge on any atom is 0.310 e. The number of nitrogens with zero attached hydrogens (tertiary/aromatic N) is 3. The van der Waals surface area contributed by atoms with Crippen molar-refractivity contribution in [1.82, 2.24) is 14.7 Å². The molecule has 0 bridgehead atoms. The standard InChI is InChI=1S/C26H29N3O5/c1-4-34-26(31)19-6-5-15-28(17-19)25(30)24-16-23(18-7-11-21(32-2)12-8-18)27-29(24)20-9-13-22(33-3)14-10-20/h7-14,16,19H,4-6,15,17H2,1-3H3. The Balaban J connectivity index is 1.69. The van der Waals surface area contributed by atoms with Crippen LogP contribution in [0, 0.1) is 5.92 Å². The SMILES string of the molecule is CCOC(=O)C1CCCN(C(=O)c2cc(-c3ccc(OC)cc3)nn2-c2ccc(OC)cc2)C1. The predicted octanol–water partition coefficient (Wildman–Crippen LogP) is 3.97. The van der Waals surface area contributed by atoms with Crippen LogP contribution in [-0.2, 0) is 9.53 Å². The average molecular weight is 464 g/mol. The molecule has 34 heavy (non-hydrogen) atoms. The van der Waals surface area contributed by atoms with Gasteiger partial charge in [0.25, 0.3) is 5.91 Å². The summed E-state index contributed by atoms with van der Waals surface area (Å²) >= 11 is 0. The monoisotopic (exact) mass is 463 g/mol. The molecule has 0 radical (unpaired) electrons. The van der Waals surface area contributed by atoms with Crippen molar-refractivity contribution in [3.63, 3.8) is 0 Å². The Labute approximate surface area is 199 Å². The number of hydrogen-bond donors (Lipinski definition) is 0. The third kappa shape index (κ3) is 4.90. The smallest absolute Gasteiger partial charge is 0.310 e. The van der Waals surface area contributed by atoms with Gasteiger partial charge in [-0.25, -0.2) is 4.68 Å². The number of rotatable bonds is 7. The van der Waals surface area contributed by atoms with Crippen LogP contribution in [-0.4, -0.2) is 60.5 Å². The molecule has 1 aliphatic rings. The number of piperidine rings is 1. The lowest BCUT2D eigenvalue weighted by Gasteiger charge is -2.31. The maximum absolute atomic E-state index is 13.7. The summed E-state index contributed by atoms with van der Waals surface area (Å²) < 4.78 is 17.4. The number of likely N-dealkylation sites (tertiary alicyclic amines) is 1. The number of esters is 1. The van der Waals surface area contributed by atoms with Crippen molar-refractivity contribution in [3.8, 4) is 28.4 Å². The van der Waals surface area contributed by atoms with Gasteiger partial charge in [-0.1, -0.05) is 0 Å². The number of ether oxygens (including phenoxy) is 3. The minimum atomic E-state index is -0.309. The van der Waals surface area contributed by atoms with E-state index < -0.39 is 0 Å². The van der Waals surface area contributed by atoms with Gasteiger partial charge < -0.3 is 19.1 Å². The van der Waals surface area contributed by atoms with Crippen LogP contribution in [0.15, 0.2) is 54.6 Å². The van der Waals surface area contributed by atoms with E-state index in [1.54, 1.807) is 36.8 Å². The number of amides is 1. The lowest BCUT2D eigenvalue weighted by molar-refractivity contribution is -0.149. The number of hydrogen-bond acceptors (Lipinski definition) is 6. The first-order chi connectivity index (χ1) is 16.5. The Hall–Kier alpha value is -3.81. The first-order valence-corrected chi connectivity index (χ1v) is 11.4. The number of carbonyl (C=O) groups excluding carboxylic acids is 2. The molecule has 2 heterocycles. The van der Waals surface area contributed by atoms with Crippen LogP contribution in [0.5, 0.6) is 11.5 Å². The quantitative estimate of drug-likeness (QED) is 0.493. The third-order valence-corrected chi connectivity index (χ3v) is 5.96. The summed E-state index contributed by atoms with van der Waals surface area (Å²) in [5.41, 5.74) is 2.70. The molecular weight excluding hydrogens is 434 g/mol. The summed E-state index contributed by atoms with van der Waals surface area (Å²) in [6, 6.07) is 16.7. The highest BCUT2D eigenvalue weighted by molar-refractivity contribution is 5.95. The van der Waals surface area contributed by atoms with Crippen LogP contribution in [0.1, 0.15) is 30.3 Å². The van der Waals surface area contributed by atoms with Crippen LogP contribution in [0.3, 0.4) is 0 Å². The second-order valence-electron chi connectivity index (χ2n) is 8.10. The van der Waals surface area contributed by atoms with Gasteiger partial charge in [0.1, 0.15) is 17.2 Å². The van der Waals surface area contributed by atoms with Gasteiger partial charge in [0, 0.05) is 18.7 Å². The van der Waals surface area contributed by atoms with Gasteiger partial charge in [-0.2, -0.15) is 5.10 Å². The van der Waals surface area contributed by atoms with Crippen LogP contribution in [0.4, 0.5) is 0 Å². The Kier molecular flexibility index (Phi) is 7.15. The second-order valence-corrected chi connectivity index (χ2v) is 8.10. The molecule has 3 aromatic rings. The first-order valence-electron chi connectivity index (χ1n) is 11.4. The van der Waals surface area contributed by atoms with Crippen LogP contribution in [0.2, 0.25) is 0 Å². The summed E-state index contributed by atoms with van der Waals surface area (Å²) in [6.45, 7) is 3.04. The highest BCUT2D eigenvalue weighted by Crippen LogP contribution is 2.27. The van der Waals surface area contributed by atoms with Gasteiger partial charge in [-0.15, -0.1) is 0 Å². The van der Waals surface area contributed by atoms with Crippen molar-refractivity contribution >= 4 is 11.9 Å². The van der Waals surface area contributed by atoms with Crippen LogP contribution < -0.4 is 9.47 Å². The molecule has 1 unspecified atom stereocenters. The molecule has 1 atom stereocenters. The van der Waals surface area contributed by atoms with Crippen molar-refractivity contribution in [2.45, 2.75) is 19.8 Å². The van der Waals surface area contributed by atoms with Crippen molar-refractivity contribution in [1.29, 1.82) is 0 Å². The maximum atomic E-state index is 13.7. The van der Waals surface area contributed by atoms with Crippen molar-refractivity contribution in [2.24, 2.45) is 5.92 Å². The fraction of sp³-hybridized carbons (Fsp3) is 0.346. The molecule has 0 aliphatic carbocycles. The zero-order chi connectivity index (χ0) is 24.1. The third-order valence-electron chi connectivity index (χ3n) is 5.96. The van der Waals surface area contributed by atoms with Crippen molar-refractivity contribution in [3.05, 3.63) is 60.3 Å². The number of aromatic nitrogens is 2. The van der Waals surface area contributed by atoms with Gasteiger partial charge in [0.05, 0.1) is 38.1 Å². The summed E-state index contributed by atoms with van der Waals surface area (Å²) in [5.74, 6) is 0.733. The molecule has 4 rings (SSSR count). The molecule has 1 aliphatic heterocycles. The summed E-state index contributed by atoms with van der Waals surface area (Å²) in [6.07, 6.45) is 1.47. The summed E-state index contributed by atoms with van der Waals surface area (Å²) in [7, 11) is 3.22. The topological polar surface area (TPSA) is 82.9 Å². The van der Waals surface area contributed by atoms with E-state index in [4.69, 9.17) is 19.3 Å². The lowest BCUT2D eigenvalue weighted by atomic mass is 9.98. The molecule has 178 valence electrons. The van der Waals surface area contributed by atoms with Gasteiger partial charge in [-0.05, 0) is 74.4 Å². The van der Waals surface area contributed by atoms with Crippen LogP contribution >= 0.6 is 0 Å². The summed E-state index contributed by atoms with van der Waals surface area (Å²) in [4.78, 5) is 27.7. The molecule has 8 nitrogen and oxygen atoms in total. The zero-order valence-corrected chi connectivity index (χ0v) is 19.7. The van der Waals surface area contributed by atoms with Crippen molar-refractivity contribution in [2.75, 3.05) is 33.9 Å². The molecule has 1 saturated heterocycles. The fourth-order valence-electron chi connectivity index (χ4n) is 4.13. The minimum absolute atomic E-state index is 0.169. The Morgan fingerprint density at radius 3 is 2.26 bits per heavy atom. The van der Waals surface area contributed by atoms with E-state index in [1.165, 1.54) is 0 Å². The molecule has 8 heteroatoms. The summed E-state index contributed by atoms with van der Waals surface area (Å²) in [5, 5.41) is 4.76. The largest absolute Gasteiger partial charge is 0.497 e. The normalized spacial score (nSPS) is 15.6. The van der Waals surface area contributed by atoms with Gasteiger partial charge >= 0.3 is 5.97 Å². The van der Waals surface area contributed by atoms with Crippen molar-refractivity contribution < 1.29 is 23.8 Å². The molecule has 1 amide bonds. The highest BCUT2D eigenvalue weighted by atomic mass is 16.5. The number of methoxy groups -OCH3 is 2. The van der Waals surface area contributed by atoms with E-state index in [9.17, 15) is 9.59 Å². The Morgan fingerprint density at radius 1 is 1.00 bits per heavy atom. The number of carbonyl (C=O) groups is 2. The van der Waals surface area contributed by atoms with Crippen LogP contribution in [0.25, 0.3) is 16.9 Å². The van der Waals surface area contributed by atoms with E-state index in [2.05, 4.69) is 0 Å². The first kappa shape index (κ1) is 23.4. The predicted molar refractivity (Wildman–Crippen MR) is 127 cm³/mol. The Bertz CT molecular complexity index is 1140. The molecule has 0 spiro atoms. The highest BCUT2D eigenvalue weighted by Gasteiger charge is 2.31. The number of benzene rings is 2. The fourth-order valence-corrected chi connectivity index (χ4v) is 4.13. The average Bonchev–Trinajstić information content (AvgIpc) is 3.34. The molecule has 2 aromatic carbocycles. The van der Waals surface area contributed by atoms with E-state index in [0.29, 0.717) is 36.8 Å². The van der Waals surface area contributed by atoms with Gasteiger partial charge in [0.15, 0.2) is 0 Å². The van der Waals surface area contributed by atoms with E-state index in [1.807, 2.05) is 48.5 Å². The molecule has 1 aromatic heterocycles. The van der Waals surface area contributed by atoms with E-state index >= 15 is 0 Å². The van der Waals surface area contributed by atoms with E-state index in [-0.39, 0.29) is 17.8 Å². The lowest BCUT2D eigenvalue weighted by Crippen LogP contribution is -2.43. The van der Waals surface area contributed by atoms with Gasteiger partial charge in [0.2, 0.25) is 0 Å². The van der Waals surface area contributed by atoms with E-state index in [0.717, 1.165) is 29.8 Å². The molecule has 1 fully saturated rings. The molecule has 0 N–H and O–H groups in total. The minimum Gasteiger partial charge on any atom is -0.497 e. The molecule has 0 saturated carbocycles. The molecular formula is C26H29N3O5. The Morgan fingerprint density at radius 2 is 1.65 bits per heavy atom. The second kappa shape index (κ2) is 10.4.